The van der Waals surface area contributed by atoms with Crippen molar-refractivity contribution in [1.29, 1.82) is 0 Å². The normalized spacial score (nSPS) is 33.0. The number of hydrogen-bond donors (Lipinski definition) is 0. The second-order valence-corrected chi connectivity index (χ2v) is 11.0. The van der Waals surface area contributed by atoms with Gasteiger partial charge in [-0.15, -0.1) is 0 Å². The Morgan fingerprint density at radius 3 is 1.81 bits per heavy atom. The van der Waals surface area contributed by atoms with Gasteiger partial charge in [0, 0.05) is 0 Å². The average molecular weight is 236 g/mol. The predicted molar refractivity (Wildman–Crippen MR) is 74.3 cm³/mol. The van der Waals surface area contributed by atoms with Gasteiger partial charge in [0.2, 0.25) is 0 Å². The summed E-state index contributed by atoms with van der Waals surface area (Å²) in [5, 5.41) is 3.23. The van der Waals surface area contributed by atoms with Crippen molar-refractivity contribution in [3.05, 3.63) is 0 Å². The quantitative estimate of drug-likeness (QED) is 0.581. The first-order valence-corrected chi connectivity index (χ1v) is 9.73. The maximum atomic E-state index is 2.44. The van der Waals surface area contributed by atoms with Crippen molar-refractivity contribution in [1.82, 2.24) is 0 Å². The minimum absolute atomic E-state index is 0.496. The molecule has 2 aliphatic rings. The molecule has 0 nitrogen and oxygen atoms in total. The molecule has 2 bridgehead atoms. The van der Waals surface area contributed by atoms with Crippen LogP contribution in [-0.2, 0) is 0 Å². The fraction of sp³-hybridized carbons (Fsp3) is 1.00. The summed E-state index contributed by atoms with van der Waals surface area (Å²) in [7, 11) is 0. The summed E-state index contributed by atoms with van der Waals surface area (Å²) >= 11 is -0.496. The van der Waals surface area contributed by atoms with Gasteiger partial charge < -0.3 is 0 Å². The van der Waals surface area contributed by atoms with E-state index >= 15 is 0 Å². The Hall–Kier alpha value is 0.532. The van der Waals surface area contributed by atoms with E-state index in [4.69, 9.17) is 0 Å². The van der Waals surface area contributed by atoms with Gasteiger partial charge in [-0.05, 0) is 5.92 Å². The van der Waals surface area contributed by atoms with E-state index in [1.807, 2.05) is 0 Å². The third-order valence-electron chi connectivity index (χ3n) is 5.17. The molecule has 0 spiro atoms. The van der Waals surface area contributed by atoms with Crippen LogP contribution in [-0.4, -0.2) is 14.1 Å². The van der Waals surface area contributed by atoms with Gasteiger partial charge in [0.1, 0.15) is 0 Å². The molecule has 0 saturated heterocycles. The van der Waals surface area contributed by atoms with Gasteiger partial charge in [-0.25, -0.2) is 0 Å². The SMILES string of the molecule is CC(C)[CH2][Al]([CH2]C(C)C)[C]12CCC(CC1)C2. The molecule has 2 saturated carbocycles. The second-order valence-electron chi connectivity index (χ2n) is 7.47. The molecule has 0 N–H and O–H groups in total. The third-order valence-corrected chi connectivity index (χ3v) is 10.7. The predicted octanol–water partition coefficient (Wildman–Crippen LogP) is 5.13. The molecule has 0 aromatic heterocycles. The summed E-state index contributed by atoms with van der Waals surface area (Å²) < 4.78 is 0.930. The monoisotopic (exact) mass is 236 g/mol. The van der Waals surface area contributed by atoms with E-state index in [2.05, 4.69) is 27.7 Å². The maximum absolute atomic E-state index is 2.44. The van der Waals surface area contributed by atoms with Crippen molar-refractivity contribution in [2.24, 2.45) is 17.8 Å². The minimum Gasteiger partial charge on any atom is -0.0912 e. The number of rotatable bonds is 5. The zero-order valence-electron chi connectivity index (χ0n) is 11.8. The molecule has 0 unspecified atom stereocenters. The molecule has 2 rings (SSSR count). The van der Waals surface area contributed by atoms with Crippen LogP contribution in [0.2, 0.25) is 14.8 Å². The average Bonchev–Trinajstić information content (AvgIpc) is 2.75. The fourth-order valence-electron chi connectivity index (χ4n) is 4.54. The minimum atomic E-state index is -0.496. The standard InChI is InChI=1S/C7H11.2C4H9.Al/c1-2-7-4-3-6(1)5-7;2*1-4(2)3;/h6H,1-5H2;2*4H,1H2,2-3H3;. The van der Waals surface area contributed by atoms with Crippen LogP contribution in [0.3, 0.4) is 0 Å². The number of hydrogen-bond acceptors (Lipinski definition) is 0. The Morgan fingerprint density at radius 2 is 1.50 bits per heavy atom. The van der Waals surface area contributed by atoms with Crippen LogP contribution in [0, 0.1) is 17.8 Å². The van der Waals surface area contributed by atoms with E-state index in [0.717, 1.165) is 22.0 Å². The lowest BCUT2D eigenvalue weighted by Gasteiger charge is -2.34. The zero-order chi connectivity index (χ0) is 11.8. The second kappa shape index (κ2) is 5.03. The topological polar surface area (TPSA) is 0 Å². The lowest BCUT2D eigenvalue weighted by atomic mass is 10.00. The molecule has 0 aromatic carbocycles. The first-order chi connectivity index (χ1) is 7.52. The summed E-state index contributed by atoms with van der Waals surface area (Å²) in [6.07, 6.45) is 8.05. The van der Waals surface area contributed by atoms with Crippen LogP contribution < -0.4 is 0 Å². The molecular weight excluding hydrogens is 207 g/mol. The zero-order valence-corrected chi connectivity index (χ0v) is 12.9. The summed E-state index contributed by atoms with van der Waals surface area (Å²) in [5.41, 5.74) is 0. The first kappa shape index (κ1) is 13.0. The van der Waals surface area contributed by atoms with Gasteiger partial charge in [-0.2, -0.15) is 0 Å². The highest BCUT2D eigenvalue weighted by Crippen LogP contribution is 2.62. The van der Waals surface area contributed by atoms with E-state index in [9.17, 15) is 0 Å². The highest BCUT2D eigenvalue weighted by molar-refractivity contribution is 6.62. The van der Waals surface area contributed by atoms with Gasteiger partial charge in [0.25, 0.3) is 14.1 Å². The Bertz CT molecular complexity index is 214. The van der Waals surface area contributed by atoms with Crippen molar-refractivity contribution >= 4 is 14.1 Å². The highest BCUT2D eigenvalue weighted by atomic mass is 27.2. The molecule has 2 aliphatic carbocycles. The van der Waals surface area contributed by atoms with Crippen molar-refractivity contribution in [3.63, 3.8) is 0 Å². The Morgan fingerprint density at radius 1 is 1.00 bits per heavy atom. The van der Waals surface area contributed by atoms with E-state index in [0.29, 0.717) is 0 Å². The summed E-state index contributed by atoms with van der Waals surface area (Å²) in [6, 6.07) is 0. The molecule has 92 valence electrons. The van der Waals surface area contributed by atoms with Crippen LogP contribution in [0.1, 0.15) is 59.8 Å². The molecule has 0 amide bonds. The summed E-state index contributed by atoms with van der Waals surface area (Å²) in [6.45, 7) is 9.77. The molecule has 0 atom stereocenters. The van der Waals surface area contributed by atoms with Gasteiger partial charge >= 0.3 is 0 Å². The van der Waals surface area contributed by atoms with Crippen LogP contribution in [0.4, 0.5) is 0 Å². The Kier molecular flexibility index (Phi) is 4.08. The van der Waals surface area contributed by atoms with Crippen molar-refractivity contribution in [2.45, 2.75) is 74.6 Å². The van der Waals surface area contributed by atoms with E-state index in [1.54, 1.807) is 42.7 Å². The smallest absolute Gasteiger partial charge is 0.0912 e. The molecule has 0 radical (unpaired) electrons. The van der Waals surface area contributed by atoms with E-state index < -0.39 is 14.1 Å². The van der Waals surface area contributed by atoms with Crippen LogP contribution in [0.15, 0.2) is 0 Å². The Labute approximate surface area is 107 Å². The van der Waals surface area contributed by atoms with Gasteiger partial charge in [-0.1, -0.05) is 86.5 Å². The largest absolute Gasteiger partial charge is 0.270 e. The molecule has 2 fully saturated rings. The maximum Gasteiger partial charge on any atom is 0.270 e. The molecule has 16 heavy (non-hydrogen) atoms. The lowest BCUT2D eigenvalue weighted by molar-refractivity contribution is 0.477. The van der Waals surface area contributed by atoms with Crippen LogP contribution >= 0.6 is 0 Å². The van der Waals surface area contributed by atoms with Crippen molar-refractivity contribution in [2.75, 3.05) is 0 Å². The van der Waals surface area contributed by atoms with Gasteiger partial charge in [-0.3, -0.25) is 0 Å². The van der Waals surface area contributed by atoms with Gasteiger partial charge in [0.05, 0.1) is 0 Å². The van der Waals surface area contributed by atoms with Crippen LogP contribution in [0.5, 0.6) is 0 Å². The van der Waals surface area contributed by atoms with Crippen LogP contribution in [0.25, 0.3) is 0 Å². The van der Waals surface area contributed by atoms with Gasteiger partial charge in [0.15, 0.2) is 0 Å². The fourth-order valence-corrected chi connectivity index (χ4v) is 9.83. The molecule has 0 aliphatic heterocycles. The van der Waals surface area contributed by atoms with Crippen molar-refractivity contribution < 1.29 is 0 Å². The highest BCUT2D eigenvalue weighted by Gasteiger charge is 2.51. The third kappa shape index (κ3) is 2.68. The molecular formula is C15H29Al. The number of fused-ring (bicyclic) bond motifs is 2. The summed E-state index contributed by atoms with van der Waals surface area (Å²) in [4.78, 5) is 0. The molecule has 1 heteroatoms. The molecule has 0 aromatic rings. The van der Waals surface area contributed by atoms with E-state index in [-0.39, 0.29) is 0 Å². The lowest BCUT2D eigenvalue weighted by Crippen LogP contribution is -2.32. The Balaban J connectivity index is 2.05. The molecule has 0 heterocycles. The van der Waals surface area contributed by atoms with Crippen molar-refractivity contribution in [3.8, 4) is 0 Å². The summed E-state index contributed by atoms with van der Waals surface area (Å²) in [5.74, 6) is 3.04. The van der Waals surface area contributed by atoms with E-state index in [1.165, 1.54) is 0 Å². The first-order valence-electron chi connectivity index (χ1n) is 7.52.